The second-order valence-corrected chi connectivity index (χ2v) is 8.70. The van der Waals surface area contributed by atoms with Crippen molar-refractivity contribution < 1.29 is 14.3 Å². The molecule has 0 atom stereocenters. The number of nitrogens with zero attached hydrogens (tertiary/aromatic N) is 2. The molecule has 1 saturated heterocycles. The molecule has 1 fully saturated rings. The van der Waals surface area contributed by atoms with E-state index in [1.54, 1.807) is 13.2 Å². The average molecular weight is 441 g/mol. The molecule has 2 amide bonds. The summed E-state index contributed by atoms with van der Waals surface area (Å²) >= 11 is 1.50. The van der Waals surface area contributed by atoms with Gasteiger partial charge in [0.2, 0.25) is 5.91 Å². The van der Waals surface area contributed by atoms with Crippen molar-refractivity contribution in [2.75, 3.05) is 62.3 Å². The Morgan fingerprint density at radius 3 is 2.65 bits per heavy atom. The normalized spacial score (nSPS) is 16.4. The fourth-order valence-corrected chi connectivity index (χ4v) is 4.64. The van der Waals surface area contributed by atoms with E-state index in [0.717, 1.165) is 55.5 Å². The SMILES string of the molecule is COc1ccc(N2CCN(CCCNC(=O)c3ccc4c(c3)NC(=O)CS4)CC2)cc1. The fraction of sp³-hybridized carbons (Fsp3) is 0.391. The fourth-order valence-electron chi connectivity index (χ4n) is 3.85. The second-order valence-electron chi connectivity index (χ2n) is 7.68. The summed E-state index contributed by atoms with van der Waals surface area (Å²) < 4.78 is 5.23. The van der Waals surface area contributed by atoms with E-state index in [2.05, 4.69) is 32.6 Å². The van der Waals surface area contributed by atoms with Crippen LogP contribution in [0.25, 0.3) is 0 Å². The first-order valence-corrected chi connectivity index (χ1v) is 11.6. The van der Waals surface area contributed by atoms with E-state index >= 15 is 0 Å². The Bertz CT molecular complexity index is 927. The molecule has 2 aliphatic heterocycles. The van der Waals surface area contributed by atoms with Crippen LogP contribution >= 0.6 is 11.8 Å². The molecular weight excluding hydrogens is 412 g/mol. The first kappa shape index (κ1) is 21.5. The number of hydrogen-bond donors (Lipinski definition) is 2. The Hall–Kier alpha value is -2.71. The van der Waals surface area contributed by atoms with E-state index in [1.807, 2.05) is 24.3 Å². The van der Waals surface area contributed by atoms with Crippen LogP contribution in [0.5, 0.6) is 5.75 Å². The Balaban J connectivity index is 1.17. The van der Waals surface area contributed by atoms with Crippen molar-refractivity contribution in [2.24, 2.45) is 0 Å². The highest BCUT2D eigenvalue weighted by Crippen LogP contribution is 2.31. The highest BCUT2D eigenvalue weighted by atomic mass is 32.2. The maximum absolute atomic E-state index is 12.4. The van der Waals surface area contributed by atoms with E-state index in [1.165, 1.54) is 17.4 Å². The maximum atomic E-state index is 12.4. The zero-order valence-electron chi connectivity index (χ0n) is 17.7. The van der Waals surface area contributed by atoms with Crippen LogP contribution in [0, 0.1) is 0 Å². The van der Waals surface area contributed by atoms with E-state index in [0.29, 0.717) is 17.9 Å². The first-order chi connectivity index (χ1) is 15.1. The number of amides is 2. The summed E-state index contributed by atoms with van der Waals surface area (Å²) in [6.45, 7) is 5.63. The van der Waals surface area contributed by atoms with Crippen LogP contribution in [0.3, 0.4) is 0 Å². The Morgan fingerprint density at radius 2 is 1.90 bits per heavy atom. The van der Waals surface area contributed by atoms with Crippen LogP contribution in [-0.4, -0.2) is 68.8 Å². The Morgan fingerprint density at radius 1 is 1.13 bits per heavy atom. The minimum absolute atomic E-state index is 0.0258. The number of fused-ring (bicyclic) bond motifs is 1. The van der Waals surface area contributed by atoms with Crippen molar-refractivity contribution >= 4 is 35.0 Å². The topological polar surface area (TPSA) is 73.9 Å². The summed E-state index contributed by atoms with van der Waals surface area (Å²) in [7, 11) is 1.68. The molecule has 4 rings (SSSR count). The highest BCUT2D eigenvalue weighted by molar-refractivity contribution is 8.00. The quantitative estimate of drug-likeness (QED) is 0.645. The number of anilines is 2. The van der Waals surface area contributed by atoms with Crippen LogP contribution in [0.1, 0.15) is 16.8 Å². The van der Waals surface area contributed by atoms with Gasteiger partial charge >= 0.3 is 0 Å². The number of hydrogen-bond acceptors (Lipinski definition) is 6. The zero-order valence-corrected chi connectivity index (χ0v) is 18.5. The largest absolute Gasteiger partial charge is 0.497 e. The van der Waals surface area contributed by atoms with Crippen molar-refractivity contribution in [1.29, 1.82) is 0 Å². The van der Waals surface area contributed by atoms with E-state index in [-0.39, 0.29) is 11.8 Å². The lowest BCUT2D eigenvalue weighted by Gasteiger charge is -2.36. The Labute approximate surface area is 187 Å². The molecule has 7 nitrogen and oxygen atoms in total. The molecule has 0 aliphatic carbocycles. The van der Waals surface area contributed by atoms with Gasteiger partial charge in [0, 0.05) is 48.9 Å². The lowest BCUT2D eigenvalue weighted by Crippen LogP contribution is -2.47. The van der Waals surface area contributed by atoms with E-state index in [4.69, 9.17) is 4.74 Å². The molecule has 2 aromatic carbocycles. The molecule has 2 N–H and O–H groups in total. The molecule has 2 aromatic rings. The first-order valence-electron chi connectivity index (χ1n) is 10.6. The number of carbonyl (C=O) groups is 2. The van der Waals surface area contributed by atoms with Gasteiger partial charge in [0.15, 0.2) is 0 Å². The summed E-state index contributed by atoms with van der Waals surface area (Å²) in [6.07, 6.45) is 0.909. The van der Waals surface area contributed by atoms with E-state index < -0.39 is 0 Å². The molecule has 0 saturated carbocycles. The van der Waals surface area contributed by atoms with Gasteiger partial charge in [0.05, 0.1) is 18.6 Å². The predicted octanol–water partition coefficient (Wildman–Crippen LogP) is 2.68. The summed E-state index contributed by atoms with van der Waals surface area (Å²) in [5, 5.41) is 5.82. The monoisotopic (exact) mass is 440 g/mol. The smallest absolute Gasteiger partial charge is 0.251 e. The standard InChI is InChI=1S/C23H28N4O3S/c1-30-19-6-4-18(5-7-19)27-13-11-26(12-14-27)10-2-9-24-23(29)17-3-8-21-20(15-17)25-22(28)16-31-21/h3-8,15H,2,9-14,16H2,1H3,(H,24,29)(H,25,28). The van der Waals surface area contributed by atoms with Gasteiger partial charge in [0.1, 0.15) is 5.75 Å². The molecule has 31 heavy (non-hydrogen) atoms. The van der Waals surface area contributed by atoms with Gasteiger partial charge in [-0.05, 0) is 55.4 Å². The highest BCUT2D eigenvalue weighted by Gasteiger charge is 2.18. The average Bonchev–Trinajstić information content (AvgIpc) is 2.81. The summed E-state index contributed by atoms with van der Waals surface area (Å²) in [4.78, 5) is 29.8. The number of piperazine rings is 1. The van der Waals surface area contributed by atoms with Crippen molar-refractivity contribution in [1.82, 2.24) is 10.2 Å². The van der Waals surface area contributed by atoms with Gasteiger partial charge in [-0.25, -0.2) is 0 Å². The number of thioether (sulfide) groups is 1. The van der Waals surface area contributed by atoms with Gasteiger partial charge in [-0.15, -0.1) is 11.8 Å². The third-order valence-corrected chi connectivity index (χ3v) is 6.69. The summed E-state index contributed by atoms with van der Waals surface area (Å²) in [6, 6.07) is 13.7. The molecule has 2 heterocycles. The van der Waals surface area contributed by atoms with Gasteiger partial charge in [0.25, 0.3) is 5.91 Å². The van der Waals surface area contributed by atoms with E-state index in [9.17, 15) is 9.59 Å². The number of methoxy groups -OCH3 is 1. The number of benzene rings is 2. The van der Waals surface area contributed by atoms with Crippen molar-refractivity contribution in [3.05, 3.63) is 48.0 Å². The van der Waals surface area contributed by atoms with Crippen molar-refractivity contribution in [3.63, 3.8) is 0 Å². The minimum Gasteiger partial charge on any atom is -0.497 e. The minimum atomic E-state index is -0.100. The molecule has 8 heteroatoms. The van der Waals surface area contributed by atoms with Gasteiger partial charge in [-0.3, -0.25) is 14.5 Å². The molecule has 0 unspecified atom stereocenters. The number of ether oxygens (including phenoxy) is 1. The lowest BCUT2D eigenvalue weighted by atomic mass is 10.1. The van der Waals surface area contributed by atoms with Crippen molar-refractivity contribution in [3.8, 4) is 5.75 Å². The number of nitrogens with one attached hydrogen (secondary N) is 2. The number of rotatable bonds is 7. The third kappa shape index (κ3) is 5.51. The van der Waals surface area contributed by atoms with Crippen LogP contribution in [0.15, 0.2) is 47.4 Å². The second kappa shape index (κ2) is 10.1. The summed E-state index contributed by atoms with van der Waals surface area (Å²) in [5.74, 6) is 1.18. The molecule has 0 spiro atoms. The number of carbonyl (C=O) groups excluding carboxylic acids is 2. The van der Waals surface area contributed by atoms with Crippen LogP contribution in [-0.2, 0) is 4.79 Å². The molecule has 0 radical (unpaired) electrons. The third-order valence-electron chi connectivity index (χ3n) is 5.62. The Kier molecular flexibility index (Phi) is 6.99. The molecule has 2 aliphatic rings. The lowest BCUT2D eigenvalue weighted by molar-refractivity contribution is -0.113. The van der Waals surface area contributed by atoms with Crippen LogP contribution in [0.4, 0.5) is 11.4 Å². The van der Waals surface area contributed by atoms with Crippen molar-refractivity contribution in [2.45, 2.75) is 11.3 Å². The predicted molar refractivity (Wildman–Crippen MR) is 124 cm³/mol. The molecular formula is C23H28N4O3S. The van der Waals surface area contributed by atoms with Crippen LogP contribution in [0.2, 0.25) is 0 Å². The van der Waals surface area contributed by atoms with Crippen LogP contribution < -0.4 is 20.3 Å². The molecule has 164 valence electrons. The van der Waals surface area contributed by atoms with Gasteiger partial charge < -0.3 is 20.3 Å². The van der Waals surface area contributed by atoms with Gasteiger partial charge in [-0.2, -0.15) is 0 Å². The molecule has 0 aromatic heterocycles. The maximum Gasteiger partial charge on any atom is 0.251 e. The molecule has 0 bridgehead atoms. The summed E-state index contributed by atoms with van der Waals surface area (Å²) in [5.41, 5.74) is 2.53. The zero-order chi connectivity index (χ0) is 21.6. The van der Waals surface area contributed by atoms with Gasteiger partial charge in [-0.1, -0.05) is 0 Å².